The Morgan fingerprint density at radius 3 is 2.67 bits per heavy atom. The lowest BCUT2D eigenvalue weighted by Gasteiger charge is -2.14. The molecule has 1 fully saturated rings. The highest BCUT2D eigenvalue weighted by atomic mass is 35.5. The van der Waals surface area contributed by atoms with E-state index in [9.17, 15) is 18.3 Å². The van der Waals surface area contributed by atoms with Crippen molar-refractivity contribution in [2.45, 2.75) is 29.9 Å². The normalized spacial score (nSPS) is 15.0. The van der Waals surface area contributed by atoms with Crippen molar-refractivity contribution >= 4 is 33.2 Å². The van der Waals surface area contributed by atoms with Gasteiger partial charge in [-0.25, -0.2) is 13.6 Å². The fourth-order valence-electron chi connectivity index (χ4n) is 3.14. The number of aliphatic hydroxyl groups is 1. The number of nitrogens with one attached hydrogen (secondary N) is 1. The number of aromatic nitrogens is 2. The SMILES string of the molecule is NS(=O)(=O)c1cc(NC(=O)C(O)c2ccccc2Cl)ccc1-c1cnn(C2CC2)c1. The topological polar surface area (TPSA) is 127 Å². The number of carbonyl (C=O) groups is 1. The van der Waals surface area contributed by atoms with Crippen LogP contribution in [-0.2, 0) is 14.8 Å². The Morgan fingerprint density at radius 1 is 1.27 bits per heavy atom. The molecule has 0 radical (unpaired) electrons. The first kappa shape index (κ1) is 20.5. The van der Waals surface area contributed by atoms with E-state index >= 15 is 0 Å². The molecule has 0 bridgehead atoms. The van der Waals surface area contributed by atoms with Gasteiger partial charge in [0.25, 0.3) is 5.91 Å². The molecule has 8 nitrogen and oxygen atoms in total. The standard InChI is InChI=1S/C20H19ClN4O4S/c21-17-4-2-1-3-16(17)19(26)20(27)24-13-5-8-15(18(9-13)30(22,28)29)12-10-23-25(11-12)14-6-7-14/h1-5,8-11,14,19,26H,6-7H2,(H,24,27)(H2,22,28,29). The molecular formula is C20H19ClN4O4S. The fourth-order valence-corrected chi connectivity index (χ4v) is 4.16. The fraction of sp³-hybridized carbons (Fsp3) is 0.200. The van der Waals surface area contributed by atoms with Crippen molar-refractivity contribution < 1.29 is 18.3 Å². The van der Waals surface area contributed by atoms with Crippen LogP contribution in [0.5, 0.6) is 0 Å². The lowest BCUT2D eigenvalue weighted by molar-refractivity contribution is -0.124. The molecule has 3 aromatic rings. The third kappa shape index (κ3) is 4.24. The van der Waals surface area contributed by atoms with Gasteiger partial charge in [0.15, 0.2) is 6.10 Å². The third-order valence-corrected chi connectivity index (χ3v) is 6.13. The van der Waals surface area contributed by atoms with Crippen LogP contribution in [0.25, 0.3) is 11.1 Å². The van der Waals surface area contributed by atoms with Crippen LogP contribution in [0.3, 0.4) is 0 Å². The molecule has 4 N–H and O–H groups in total. The number of primary sulfonamides is 1. The molecule has 1 saturated carbocycles. The van der Waals surface area contributed by atoms with Crippen LogP contribution in [0.15, 0.2) is 59.8 Å². The summed E-state index contributed by atoms with van der Waals surface area (Å²) in [6.07, 6.45) is 3.93. The van der Waals surface area contributed by atoms with Gasteiger partial charge in [0, 0.05) is 33.6 Å². The van der Waals surface area contributed by atoms with Crippen LogP contribution in [0.1, 0.15) is 30.6 Å². The number of anilines is 1. The molecule has 0 aliphatic heterocycles. The number of nitrogens with zero attached hydrogens (tertiary/aromatic N) is 2. The van der Waals surface area contributed by atoms with Crippen LogP contribution < -0.4 is 10.5 Å². The minimum Gasteiger partial charge on any atom is -0.378 e. The first-order chi connectivity index (χ1) is 14.2. The number of nitrogens with two attached hydrogens (primary N) is 1. The van der Waals surface area contributed by atoms with E-state index in [1.807, 2.05) is 0 Å². The van der Waals surface area contributed by atoms with Crippen molar-refractivity contribution in [3.05, 3.63) is 65.4 Å². The Hall–Kier alpha value is -2.72. The van der Waals surface area contributed by atoms with Crippen molar-refractivity contribution in [1.29, 1.82) is 0 Å². The summed E-state index contributed by atoms with van der Waals surface area (Å²) >= 11 is 6.02. The molecule has 1 amide bonds. The minimum atomic E-state index is -4.09. The van der Waals surface area contributed by atoms with Gasteiger partial charge in [-0.2, -0.15) is 5.10 Å². The summed E-state index contributed by atoms with van der Waals surface area (Å²) in [6.45, 7) is 0. The zero-order valence-electron chi connectivity index (χ0n) is 15.7. The van der Waals surface area contributed by atoms with Crippen LogP contribution in [0.4, 0.5) is 5.69 Å². The number of carbonyl (C=O) groups excluding carboxylic acids is 1. The maximum atomic E-state index is 12.5. The van der Waals surface area contributed by atoms with Crippen LogP contribution in [0.2, 0.25) is 5.02 Å². The Morgan fingerprint density at radius 2 is 2.00 bits per heavy atom. The zero-order chi connectivity index (χ0) is 21.5. The number of sulfonamides is 1. The molecule has 0 spiro atoms. The molecule has 1 aliphatic rings. The van der Waals surface area contributed by atoms with Gasteiger partial charge >= 0.3 is 0 Å². The summed E-state index contributed by atoms with van der Waals surface area (Å²) in [4.78, 5) is 12.3. The number of amides is 1. The summed E-state index contributed by atoms with van der Waals surface area (Å²) in [7, 11) is -4.09. The first-order valence-electron chi connectivity index (χ1n) is 9.19. The van der Waals surface area contributed by atoms with Gasteiger partial charge in [-0.15, -0.1) is 0 Å². The second kappa shape index (κ2) is 7.84. The van der Waals surface area contributed by atoms with E-state index in [1.165, 1.54) is 18.2 Å². The minimum absolute atomic E-state index is 0.150. The molecule has 0 saturated heterocycles. The van der Waals surface area contributed by atoms with Gasteiger partial charge in [-0.3, -0.25) is 9.48 Å². The van der Waals surface area contributed by atoms with Crippen molar-refractivity contribution in [3.8, 4) is 11.1 Å². The number of benzene rings is 2. The van der Waals surface area contributed by atoms with Gasteiger partial charge < -0.3 is 10.4 Å². The highest BCUT2D eigenvalue weighted by Crippen LogP contribution is 2.36. The van der Waals surface area contributed by atoms with Gasteiger partial charge in [-0.1, -0.05) is 35.9 Å². The van der Waals surface area contributed by atoms with Gasteiger partial charge in [0.2, 0.25) is 10.0 Å². The number of rotatable bonds is 6. The molecule has 1 heterocycles. The molecule has 1 aromatic heterocycles. The summed E-state index contributed by atoms with van der Waals surface area (Å²) in [6, 6.07) is 11.1. The van der Waals surface area contributed by atoms with Gasteiger partial charge in [0.1, 0.15) is 0 Å². The van der Waals surface area contributed by atoms with Crippen molar-refractivity contribution in [2.24, 2.45) is 5.14 Å². The van der Waals surface area contributed by atoms with Gasteiger partial charge in [0.05, 0.1) is 17.1 Å². The van der Waals surface area contributed by atoms with E-state index in [1.54, 1.807) is 41.3 Å². The monoisotopic (exact) mass is 446 g/mol. The molecule has 2 aromatic carbocycles. The van der Waals surface area contributed by atoms with E-state index in [2.05, 4.69) is 10.4 Å². The maximum absolute atomic E-state index is 12.5. The first-order valence-corrected chi connectivity index (χ1v) is 11.1. The largest absolute Gasteiger partial charge is 0.378 e. The van der Waals surface area contributed by atoms with E-state index in [0.717, 1.165) is 12.8 Å². The van der Waals surface area contributed by atoms with E-state index in [4.69, 9.17) is 16.7 Å². The second-order valence-corrected chi connectivity index (χ2v) is 9.05. The van der Waals surface area contributed by atoms with Crippen LogP contribution in [0, 0.1) is 0 Å². The maximum Gasteiger partial charge on any atom is 0.257 e. The zero-order valence-corrected chi connectivity index (χ0v) is 17.3. The smallest absolute Gasteiger partial charge is 0.257 e. The van der Waals surface area contributed by atoms with Crippen molar-refractivity contribution in [3.63, 3.8) is 0 Å². The highest BCUT2D eigenvalue weighted by molar-refractivity contribution is 7.89. The average Bonchev–Trinajstić information content (AvgIpc) is 3.44. The molecule has 30 heavy (non-hydrogen) atoms. The average molecular weight is 447 g/mol. The van der Waals surface area contributed by atoms with Gasteiger partial charge in [-0.05, 0) is 31.0 Å². The third-order valence-electron chi connectivity index (χ3n) is 4.84. The number of hydrogen-bond donors (Lipinski definition) is 3. The Bertz CT molecular complexity index is 1220. The summed E-state index contributed by atoms with van der Waals surface area (Å²) in [5.41, 5.74) is 1.41. The Labute approximate surface area is 178 Å². The molecule has 156 valence electrons. The quantitative estimate of drug-likeness (QED) is 0.536. The van der Waals surface area contributed by atoms with Crippen molar-refractivity contribution in [2.75, 3.05) is 5.32 Å². The Balaban J connectivity index is 1.63. The van der Waals surface area contributed by atoms with E-state index in [0.29, 0.717) is 17.2 Å². The van der Waals surface area contributed by atoms with Crippen LogP contribution >= 0.6 is 11.6 Å². The lowest BCUT2D eigenvalue weighted by Crippen LogP contribution is -2.21. The summed E-state index contributed by atoms with van der Waals surface area (Å²) in [5, 5.41) is 22.7. The predicted molar refractivity (Wildman–Crippen MR) is 112 cm³/mol. The number of halogens is 1. The predicted octanol–water partition coefficient (Wildman–Crippen LogP) is 2.86. The highest BCUT2D eigenvalue weighted by Gasteiger charge is 2.26. The van der Waals surface area contributed by atoms with Crippen LogP contribution in [-0.4, -0.2) is 29.2 Å². The molecule has 1 atom stereocenters. The summed E-state index contributed by atoms with van der Waals surface area (Å²) in [5.74, 6) is -0.752. The second-order valence-electron chi connectivity index (χ2n) is 7.11. The molecule has 1 unspecified atom stereocenters. The molecule has 4 rings (SSSR count). The lowest BCUT2D eigenvalue weighted by atomic mass is 10.1. The molecular weight excluding hydrogens is 428 g/mol. The molecule has 1 aliphatic carbocycles. The molecule has 10 heteroatoms. The number of hydrogen-bond acceptors (Lipinski definition) is 5. The van der Waals surface area contributed by atoms with Crippen molar-refractivity contribution in [1.82, 2.24) is 9.78 Å². The van der Waals surface area contributed by atoms with E-state index in [-0.39, 0.29) is 21.2 Å². The summed E-state index contributed by atoms with van der Waals surface area (Å²) < 4.78 is 26.2. The number of aliphatic hydroxyl groups excluding tert-OH is 1. The Kier molecular flexibility index (Phi) is 5.37. The van der Waals surface area contributed by atoms with E-state index < -0.39 is 22.0 Å².